The zero-order chi connectivity index (χ0) is 32.0. The molecule has 3 atom stereocenters. The van der Waals surface area contributed by atoms with Crippen molar-refractivity contribution in [3.05, 3.63) is 0 Å². The highest BCUT2D eigenvalue weighted by atomic mass is 16.6. The highest BCUT2D eigenvalue weighted by Crippen LogP contribution is 2.09. The van der Waals surface area contributed by atoms with Gasteiger partial charge in [-0.15, -0.1) is 0 Å². The summed E-state index contributed by atoms with van der Waals surface area (Å²) in [6.07, 6.45) is -3.09. The van der Waals surface area contributed by atoms with E-state index in [0.29, 0.717) is 0 Å². The average molecular weight is 591 g/mol. The number of rotatable bonds is 13. The highest BCUT2D eigenvalue weighted by Gasteiger charge is 2.26. The van der Waals surface area contributed by atoms with Crippen LogP contribution in [-0.2, 0) is 23.8 Å². The van der Waals surface area contributed by atoms with Crippen molar-refractivity contribution in [2.75, 3.05) is 26.2 Å². The van der Waals surface area contributed by atoms with Crippen LogP contribution < -0.4 is 32.3 Å². The topological polar surface area (TPSA) is 219 Å². The lowest BCUT2D eigenvalue weighted by molar-refractivity contribution is -0.123. The van der Waals surface area contributed by atoms with Crippen molar-refractivity contribution in [2.24, 2.45) is 5.73 Å². The minimum absolute atomic E-state index is 0.102. The van der Waals surface area contributed by atoms with Gasteiger partial charge < -0.3 is 51.6 Å². The Morgan fingerprint density at radius 2 is 1.07 bits per heavy atom. The maximum atomic E-state index is 12.8. The minimum atomic E-state index is -1.13. The first kappa shape index (κ1) is 37.7. The lowest BCUT2D eigenvalue weighted by Gasteiger charge is -2.24. The lowest BCUT2D eigenvalue weighted by atomic mass is 10.1. The zero-order valence-electron chi connectivity index (χ0n) is 25.8. The maximum absolute atomic E-state index is 12.8. The number of aliphatic hydroxyl groups is 1. The van der Waals surface area contributed by atoms with Gasteiger partial charge in [0.1, 0.15) is 28.9 Å². The molecule has 0 aliphatic carbocycles. The number of amides is 5. The van der Waals surface area contributed by atoms with Crippen molar-refractivity contribution in [1.82, 2.24) is 26.6 Å². The molecule has 0 aromatic carbocycles. The molecule has 8 N–H and O–H groups in total. The van der Waals surface area contributed by atoms with Crippen LogP contribution in [0, 0.1) is 0 Å². The van der Waals surface area contributed by atoms with Gasteiger partial charge >= 0.3 is 18.3 Å². The summed E-state index contributed by atoms with van der Waals surface area (Å²) in [6.45, 7) is 14.7. The van der Waals surface area contributed by atoms with Crippen molar-refractivity contribution >= 4 is 30.1 Å². The van der Waals surface area contributed by atoms with Gasteiger partial charge in [-0.1, -0.05) is 0 Å². The van der Waals surface area contributed by atoms with Gasteiger partial charge in [0.15, 0.2) is 0 Å². The van der Waals surface area contributed by atoms with Gasteiger partial charge in [-0.25, -0.2) is 14.4 Å². The molecule has 0 aliphatic rings. The molecule has 0 aromatic heterocycles. The number of carbonyl (C=O) groups excluding carboxylic acids is 5. The molecule has 0 rings (SSSR count). The third-order valence-corrected chi connectivity index (χ3v) is 4.61. The monoisotopic (exact) mass is 590 g/mol. The Kier molecular flexibility index (Phi) is 15.5. The Balaban J connectivity index is 4.97. The second-order valence-corrected chi connectivity index (χ2v) is 12.3. The van der Waals surface area contributed by atoms with Crippen LogP contribution in [0.15, 0.2) is 0 Å². The van der Waals surface area contributed by atoms with Crippen LogP contribution in [0.1, 0.15) is 75.2 Å². The molecule has 15 nitrogen and oxygen atoms in total. The Labute approximate surface area is 242 Å². The number of aliphatic hydroxyl groups excluding tert-OH is 1. The highest BCUT2D eigenvalue weighted by molar-refractivity contribution is 5.86. The quantitative estimate of drug-likeness (QED) is 0.117. The number of hydrogen-bond acceptors (Lipinski definition) is 10. The van der Waals surface area contributed by atoms with E-state index < -0.39 is 65.1 Å². The van der Waals surface area contributed by atoms with E-state index in [0.717, 1.165) is 0 Å². The number of nitrogens with one attached hydrogen (secondary N) is 5. The van der Waals surface area contributed by atoms with Crippen molar-refractivity contribution < 1.29 is 43.3 Å². The zero-order valence-corrected chi connectivity index (χ0v) is 25.8. The average Bonchev–Trinajstić information content (AvgIpc) is 2.77. The third-order valence-electron chi connectivity index (χ3n) is 4.61. The second-order valence-electron chi connectivity index (χ2n) is 12.3. The summed E-state index contributed by atoms with van der Waals surface area (Å²) in [4.78, 5) is 61.3. The van der Waals surface area contributed by atoms with Gasteiger partial charge in [0.25, 0.3) is 0 Å². The first-order valence-corrected chi connectivity index (χ1v) is 13.5. The van der Waals surface area contributed by atoms with E-state index in [9.17, 15) is 29.1 Å². The number of alkyl carbamates (subject to hydrolysis) is 3. The SMILES string of the molecule is CC(C)(C)OC(=O)NCC(O)CNC(=O)[C@H](CCCNC(=O)[C@H](CN)NC(=O)OC(C)(C)C)NC(=O)OC(C)(C)C. The molecule has 5 amide bonds. The Bertz CT molecular complexity index is 878. The van der Waals surface area contributed by atoms with E-state index in [1.54, 1.807) is 62.3 Å². The molecule has 0 spiro atoms. The molecule has 0 bridgehead atoms. The summed E-state index contributed by atoms with van der Waals surface area (Å²) in [6, 6.07) is -2.09. The smallest absolute Gasteiger partial charge is 0.408 e. The van der Waals surface area contributed by atoms with Crippen LogP contribution in [-0.4, -0.2) is 96.4 Å². The van der Waals surface area contributed by atoms with Gasteiger partial charge in [0.2, 0.25) is 11.8 Å². The second kappa shape index (κ2) is 16.8. The molecule has 0 saturated carbocycles. The van der Waals surface area contributed by atoms with Gasteiger partial charge in [-0.2, -0.15) is 0 Å². The first-order chi connectivity index (χ1) is 18.6. The van der Waals surface area contributed by atoms with E-state index in [1.807, 2.05) is 0 Å². The Hall–Kier alpha value is -3.33. The molecule has 15 heteroatoms. The molecule has 0 aliphatic heterocycles. The largest absolute Gasteiger partial charge is 0.444 e. The summed E-state index contributed by atoms with van der Waals surface area (Å²) in [5.41, 5.74) is 3.35. The molecule has 1 unspecified atom stereocenters. The van der Waals surface area contributed by atoms with Crippen molar-refractivity contribution in [3.8, 4) is 0 Å². The van der Waals surface area contributed by atoms with Crippen molar-refractivity contribution in [3.63, 3.8) is 0 Å². The van der Waals surface area contributed by atoms with E-state index in [2.05, 4.69) is 26.6 Å². The number of nitrogens with two attached hydrogens (primary N) is 1. The molecule has 0 heterocycles. The summed E-state index contributed by atoms with van der Waals surface area (Å²) in [7, 11) is 0. The van der Waals surface area contributed by atoms with Crippen LogP contribution in [0.4, 0.5) is 14.4 Å². The van der Waals surface area contributed by atoms with Gasteiger partial charge in [-0.3, -0.25) is 9.59 Å². The van der Waals surface area contributed by atoms with Crippen LogP contribution in [0.25, 0.3) is 0 Å². The molecule has 238 valence electrons. The lowest BCUT2D eigenvalue weighted by Crippen LogP contribution is -2.52. The van der Waals surface area contributed by atoms with E-state index in [4.69, 9.17) is 19.9 Å². The number of carbonyl (C=O) groups is 5. The number of ether oxygens (including phenoxy) is 3. The van der Waals surface area contributed by atoms with Crippen molar-refractivity contribution in [2.45, 2.75) is 110 Å². The molecule has 41 heavy (non-hydrogen) atoms. The summed E-state index contributed by atoms with van der Waals surface area (Å²) >= 11 is 0. The predicted octanol–water partition coefficient (Wildman–Crippen LogP) is 0.630. The fourth-order valence-corrected chi connectivity index (χ4v) is 2.97. The van der Waals surface area contributed by atoms with Crippen LogP contribution in [0.5, 0.6) is 0 Å². The van der Waals surface area contributed by atoms with Gasteiger partial charge in [0, 0.05) is 26.2 Å². The minimum Gasteiger partial charge on any atom is -0.444 e. The van der Waals surface area contributed by atoms with Gasteiger partial charge in [0.05, 0.1) is 6.10 Å². The maximum Gasteiger partial charge on any atom is 0.408 e. The molecular formula is C26H50N6O9. The van der Waals surface area contributed by atoms with E-state index in [1.165, 1.54) is 0 Å². The van der Waals surface area contributed by atoms with E-state index in [-0.39, 0.29) is 39.0 Å². The number of hydrogen-bond donors (Lipinski definition) is 7. The third kappa shape index (κ3) is 20.2. The van der Waals surface area contributed by atoms with Crippen LogP contribution >= 0.6 is 0 Å². The summed E-state index contributed by atoms with van der Waals surface area (Å²) in [5, 5.41) is 22.6. The molecule has 0 saturated heterocycles. The summed E-state index contributed by atoms with van der Waals surface area (Å²) < 4.78 is 15.5. The van der Waals surface area contributed by atoms with Crippen LogP contribution in [0.3, 0.4) is 0 Å². The molecule has 0 aromatic rings. The molecule has 0 fully saturated rings. The van der Waals surface area contributed by atoms with Crippen LogP contribution in [0.2, 0.25) is 0 Å². The van der Waals surface area contributed by atoms with Gasteiger partial charge in [-0.05, 0) is 75.2 Å². The summed E-state index contributed by atoms with van der Waals surface area (Å²) in [5.74, 6) is -1.15. The standard InChI is InChI=1S/C26H50N6O9/c1-24(2,3)39-21(36)30-15-16(33)14-29-19(34)17(31-22(37)40-25(4,5)6)11-10-12-28-20(35)18(13-27)32-23(38)41-26(7,8)9/h16-18,33H,10-15,27H2,1-9H3,(H,28,35)(H,29,34)(H,30,36)(H,31,37)(H,32,38)/t16?,17-,18-/m0/s1. The normalized spacial score (nSPS) is 14.0. The molecule has 0 radical (unpaired) electrons. The fourth-order valence-electron chi connectivity index (χ4n) is 2.97. The Morgan fingerprint density at radius 3 is 1.54 bits per heavy atom. The fraction of sp³-hybridized carbons (Fsp3) is 0.808. The molecular weight excluding hydrogens is 540 g/mol. The van der Waals surface area contributed by atoms with E-state index >= 15 is 0 Å². The van der Waals surface area contributed by atoms with Crippen molar-refractivity contribution in [1.29, 1.82) is 0 Å². The predicted molar refractivity (Wildman–Crippen MR) is 151 cm³/mol. The first-order valence-electron chi connectivity index (χ1n) is 13.5. The Morgan fingerprint density at radius 1 is 0.659 bits per heavy atom.